The minimum Gasteiger partial charge on any atom is -0.366 e. The fourth-order valence-electron chi connectivity index (χ4n) is 4.77. The smallest absolute Gasteiger partial charge is 0.157 e. The summed E-state index contributed by atoms with van der Waals surface area (Å²) in [7, 11) is 0. The van der Waals surface area contributed by atoms with Gasteiger partial charge in [-0.2, -0.15) is 0 Å². The Balaban J connectivity index is 0.000000174. The van der Waals surface area contributed by atoms with Gasteiger partial charge in [0.05, 0.1) is 0 Å². The molecule has 0 spiro atoms. The van der Waals surface area contributed by atoms with Gasteiger partial charge >= 0.3 is 0 Å². The van der Waals surface area contributed by atoms with Crippen LogP contribution in [0.3, 0.4) is 0 Å². The molecule has 4 nitrogen and oxygen atoms in total. The molecule has 213 valence electrons. The Bertz CT molecular complexity index is 1850. The van der Waals surface area contributed by atoms with Crippen LogP contribution in [0.25, 0.3) is 55.7 Å². The first-order valence-electron chi connectivity index (χ1n) is 14.0. The van der Waals surface area contributed by atoms with Crippen molar-refractivity contribution >= 4 is 11.0 Å². The molecular formula is C38H29IrN3O-2. The molecule has 7 rings (SSSR count). The summed E-state index contributed by atoms with van der Waals surface area (Å²) >= 11 is 0. The number of pyridine rings is 2. The van der Waals surface area contributed by atoms with Gasteiger partial charge < -0.3 is 9.51 Å². The van der Waals surface area contributed by atoms with Gasteiger partial charge in [0.2, 0.25) is 0 Å². The largest absolute Gasteiger partial charge is 0.366 e. The first kappa shape index (κ1) is 29.8. The normalized spacial score (nSPS) is 10.6. The van der Waals surface area contributed by atoms with Crippen molar-refractivity contribution in [3.8, 4) is 44.8 Å². The maximum atomic E-state index is 5.42. The summed E-state index contributed by atoms with van der Waals surface area (Å²) in [5.41, 5.74) is 10.4. The summed E-state index contributed by atoms with van der Waals surface area (Å²) in [6.07, 6.45) is 5.45. The number of aromatic nitrogens is 3. The molecular weight excluding hydrogens is 707 g/mol. The molecule has 1 radical (unpaired) electrons. The Labute approximate surface area is 265 Å². The van der Waals surface area contributed by atoms with Gasteiger partial charge in [-0.3, -0.25) is 4.98 Å². The molecule has 0 fully saturated rings. The minimum absolute atomic E-state index is 0. The van der Waals surface area contributed by atoms with Gasteiger partial charge in [-0.25, -0.2) is 0 Å². The van der Waals surface area contributed by atoms with E-state index in [0.717, 1.165) is 50.2 Å². The van der Waals surface area contributed by atoms with Crippen LogP contribution >= 0.6 is 0 Å². The van der Waals surface area contributed by atoms with Gasteiger partial charge in [0.25, 0.3) is 0 Å². The molecule has 43 heavy (non-hydrogen) atoms. The van der Waals surface area contributed by atoms with Crippen molar-refractivity contribution in [2.24, 2.45) is 0 Å². The third-order valence-electron chi connectivity index (χ3n) is 7.08. The van der Waals surface area contributed by atoms with E-state index >= 15 is 0 Å². The third kappa shape index (κ3) is 7.03. The number of hydrogen-bond acceptors (Lipinski definition) is 4. The van der Waals surface area contributed by atoms with E-state index < -0.39 is 0 Å². The number of rotatable bonds is 5. The van der Waals surface area contributed by atoms with E-state index in [4.69, 9.17) is 4.52 Å². The van der Waals surface area contributed by atoms with Gasteiger partial charge in [0.15, 0.2) is 5.58 Å². The monoisotopic (exact) mass is 736 g/mol. The SMILES string of the molecule is CC(C)c1ccc(-c2cc[c-]c(-c3noc4ccccc34)c2)cc1.[Ir].[c-]1ccccc1-c1cc(-c2cccnc2)ccn1. The van der Waals surface area contributed by atoms with Crippen molar-refractivity contribution in [2.75, 3.05) is 0 Å². The molecule has 0 saturated heterocycles. The average Bonchev–Trinajstić information content (AvgIpc) is 3.50. The molecule has 0 amide bonds. The predicted molar refractivity (Wildman–Crippen MR) is 170 cm³/mol. The predicted octanol–water partition coefficient (Wildman–Crippen LogP) is 9.69. The molecule has 0 aliphatic carbocycles. The zero-order valence-electron chi connectivity index (χ0n) is 23.9. The van der Waals surface area contributed by atoms with E-state index in [2.05, 4.69) is 83.6 Å². The molecule has 3 aromatic heterocycles. The summed E-state index contributed by atoms with van der Waals surface area (Å²) in [6, 6.07) is 45.1. The van der Waals surface area contributed by atoms with Gasteiger partial charge in [-0.1, -0.05) is 68.4 Å². The Kier molecular flexibility index (Phi) is 9.68. The van der Waals surface area contributed by atoms with Crippen LogP contribution in [0.1, 0.15) is 25.3 Å². The van der Waals surface area contributed by atoms with Crippen molar-refractivity contribution in [2.45, 2.75) is 19.8 Å². The molecule has 0 atom stereocenters. The van der Waals surface area contributed by atoms with Crippen LogP contribution < -0.4 is 0 Å². The van der Waals surface area contributed by atoms with Crippen LogP contribution in [-0.2, 0) is 20.1 Å². The Morgan fingerprint density at radius 2 is 1.44 bits per heavy atom. The summed E-state index contributed by atoms with van der Waals surface area (Å²) in [6.45, 7) is 4.42. The fraction of sp³-hybridized carbons (Fsp3) is 0.0789. The van der Waals surface area contributed by atoms with Gasteiger partial charge in [-0.15, -0.1) is 76.4 Å². The first-order chi connectivity index (χ1) is 20.7. The molecule has 3 heterocycles. The summed E-state index contributed by atoms with van der Waals surface area (Å²) in [5, 5.41) is 5.25. The second-order valence-corrected chi connectivity index (χ2v) is 10.2. The third-order valence-corrected chi connectivity index (χ3v) is 7.08. The molecule has 0 N–H and O–H groups in total. The summed E-state index contributed by atoms with van der Waals surface area (Å²) in [4.78, 5) is 8.52. The van der Waals surface area contributed by atoms with Crippen LogP contribution in [0.2, 0.25) is 0 Å². The fourth-order valence-corrected chi connectivity index (χ4v) is 4.77. The van der Waals surface area contributed by atoms with E-state index in [-0.39, 0.29) is 20.1 Å². The molecule has 4 aromatic carbocycles. The van der Waals surface area contributed by atoms with E-state index in [1.807, 2.05) is 85.2 Å². The second-order valence-electron chi connectivity index (χ2n) is 10.2. The van der Waals surface area contributed by atoms with E-state index in [1.165, 1.54) is 11.1 Å². The molecule has 0 aliphatic rings. The van der Waals surface area contributed by atoms with Crippen molar-refractivity contribution in [3.05, 3.63) is 152 Å². The van der Waals surface area contributed by atoms with Crippen LogP contribution in [0, 0.1) is 12.1 Å². The van der Waals surface area contributed by atoms with Gasteiger partial charge in [-0.05, 0) is 52.1 Å². The Morgan fingerprint density at radius 3 is 2.21 bits per heavy atom. The standard InChI is InChI=1S/C22H18NO.C16H11N2.Ir/c1-15(2)16-10-12-17(13-11-16)18-6-5-7-19(14-18)22-20-8-3-4-9-21(20)24-23-22;1-2-5-13(6-3-1)16-11-14(8-10-18-16)15-7-4-9-17-12-15;/h3-6,8-15H,1-2H3;1-5,7-12H;/q2*-1;. The quantitative estimate of drug-likeness (QED) is 0.165. The van der Waals surface area contributed by atoms with Crippen molar-refractivity contribution < 1.29 is 24.6 Å². The number of nitrogens with zero attached hydrogens (tertiary/aromatic N) is 3. The Hall–Kier alpha value is -4.70. The Morgan fingerprint density at radius 1 is 0.651 bits per heavy atom. The van der Waals surface area contributed by atoms with Crippen molar-refractivity contribution in [1.82, 2.24) is 15.1 Å². The van der Waals surface area contributed by atoms with Gasteiger partial charge in [0, 0.05) is 49.8 Å². The molecule has 5 heteroatoms. The second kappa shape index (κ2) is 14.0. The zero-order chi connectivity index (χ0) is 28.7. The van der Waals surface area contributed by atoms with Crippen molar-refractivity contribution in [1.29, 1.82) is 0 Å². The van der Waals surface area contributed by atoms with Gasteiger partial charge in [0.1, 0.15) is 0 Å². The molecule has 0 saturated carbocycles. The number of fused-ring (bicyclic) bond motifs is 1. The number of hydrogen-bond donors (Lipinski definition) is 0. The van der Waals surface area contributed by atoms with Crippen molar-refractivity contribution in [3.63, 3.8) is 0 Å². The van der Waals surface area contributed by atoms with E-state index in [1.54, 1.807) is 6.20 Å². The summed E-state index contributed by atoms with van der Waals surface area (Å²) in [5.74, 6) is 0.542. The topological polar surface area (TPSA) is 51.8 Å². The molecule has 0 unspecified atom stereocenters. The van der Waals surface area contributed by atoms with Crippen LogP contribution in [0.5, 0.6) is 0 Å². The van der Waals surface area contributed by atoms with Crippen LogP contribution in [0.4, 0.5) is 0 Å². The average molecular weight is 736 g/mol. The van der Waals surface area contributed by atoms with E-state index in [0.29, 0.717) is 5.92 Å². The first-order valence-corrected chi connectivity index (χ1v) is 14.0. The number of para-hydroxylation sites is 1. The minimum atomic E-state index is 0. The zero-order valence-corrected chi connectivity index (χ0v) is 26.3. The molecule has 7 aromatic rings. The van der Waals surface area contributed by atoms with E-state index in [9.17, 15) is 0 Å². The number of benzene rings is 4. The van der Waals surface area contributed by atoms with Crippen LogP contribution in [0.15, 0.2) is 138 Å². The maximum Gasteiger partial charge on any atom is 0.157 e. The molecule has 0 aliphatic heterocycles. The molecule has 0 bridgehead atoms. The summed E-state index contributed by atoms with van der Waals surface area (Å²) < 4.78 is 5.42. The maximum absolute atomic E-state index is 5.42. The van der Waals surface area contributed by atoms with Crippen LogP contribution in [-0.4, -0.2) is 15.1 Å².